The maximum Gasteiger partial charge on any atom is 0.124 e. The lowest BCUT2D eigenvalue weighted by molar-refractivity contribution is 0.158. The van der Waals surface area contributed by atoms with E-state index < -0.39 is 0 Å². The highest BCUT2D eigenvalue weighted by molar-refractivity contribution is 4.96. The molecule has 0 radical (unpaired) electrons. The maximum absolute atomic E-state index is 5.31. The highest BCUT2D eigenvalue weighted by atomic mass is 16.5. The van der Waals surface area contributed by atoms with E-state index in [0.717, 1.165) is 12.8 Å². The minimum Gasteiger partial charge on any atom is -0.442 e. The Morgan fingerprint density at radius 3 is 3.00 bits per heavy atom. The fraction of sp³-hybridized carbons (Fsp3) is 0.667. The van der Waals surface area contributed by atoms with Crippen molar-refractivity contribution < 1.29 is 4.74 Å². The quantitative estimate of drug-likeness (QED) is 0.486. The first-order chi connectivity index (χ1) is 3.93. The van der Waals surface area contributed by atoms with Gasteiger partial charge in [0.15, 0.2) is 0 Å². The van der Waals surface area contributed by atoms with Crippen LogP contribution < -0.4 is 5.73 Å². The summed E-state index contributed by atoms with van der Waals surface area (Å²) < 4.78 is 4.94. The molecule has 1 unspecified atom stereocenters. The van der Waals surface area contributed by atoms with Crippen LogP contribution in [-0.4, -0.2) is 12.6 Å². The fourth-order valence-electron chi connectivity index (χ4n) is 0.634. The Hall–Kier alpha value is -0.680. The normalized spacial score (nSPS) is 25.4. The first-order valence-electron chi connectivity index (χ1n) is 2.77. The Balaban J connectivity index is 2.32. The van der Waals surface area contributed by atoms with Gasteiger partial charge < -0.3 is 10.5 Å². The summed E-state index contributed by atoms with van der Waals surface area (Å²) in [6.45, 7) is 0.592. The Kier molecular flexibility index (Phi) is 1.76. The van der Waals surface area contributed by atoms with Crippen molar-refractivity contribution >= 4 is 0 Å². The van der Waals surface area contributed by atoms with E-state index in [1.54, 1.807) is 0 Å². The number of rotatable bonds is 1. The largest absolute Gasteiger partial charge is 0.442 e. The molecular weight excluding hydrogens is 102 g/mol. The van der Waals surface area contributed by atoms with Crippen LogP contribution in [-0.2, 0) is 4.74 Å². The maximum atomic E-state index is 5.31. The number of hydrogen-bond acceptors (Lipinski definition) is 2. The third kappa shape index (κ3) is 1.14. The van der Waals surface area contributed by atoms with Gasteiger partial charge in [0.05, 0.1) is 0 Å². The SMILES string of the molecule is NCC1CCC#CO1. The minimum atomic E-state index is 0.191. The second kappa shape index (κ2) is 2.58. The van der Waals surface area contributed by atoms with Gasteiger partial charge in [-0.25, -0.2) is 0 Å². The zero-order valence-electron chi connectivity index (χ0n) is 4.68. The summed E-state index contributed by atoms with van der Waals surface area (Å²) in [6.07, 6.45) is 4.67. The molecule has 0 aromatic carbocycles. The Morgan fingerprint density at radius 2 is 2.62 bits per heavy atom. The van der Waals surface area contributed by atoms with Gasteiger partial charge in [-0.15, -0.1) is 0 Å². The smallest absolute Gasteiger partial charge is 0.124 e. The minimum absolute atomic E-state index is 0.191. The van der Waals surface area contributed by atoms with Crippen LogP contribution in [0.25, 0.3) is 0 Å². The van der Waals surface area contributed by atoms with Gasteiger partial charge in [-0.1, -0.05) is 5.92 Å². The summed E-state index contributed by atoms with van der Waals surface area (Å²) >= 11 is 0. The first kappa shape index (κ1) is 5.46. The van der Waals surface area contributed by atoms with Crippen molar-refractivity contribution in [1.29, 1.82) is 0 Å². The fourth-order valence-corrected chi connectivity index (χ4v) is 0.634. The monoisotopic (exact) mass is 111 g/mol. The van der Waals surface area contributed by atoms with Crippen molar-refractivity contribution in [2.45, 2.75) is 18.9 Å². The molecule has 1 aliphatic heterocycles. The molecule has 0 fully saturated rings. The highest BCUT2D eigenvalue weighted by Gasteiger charge is 2.06. The molecule has 44 valence electrons. The Morgan fingerprint density at radius 1 is 1.75 bits per heavy atom. The lowest BCUT2D eigenvalue weighted by Gasteiger charge is -2.12. The van der Waals surface area contributed by atoms with E-state index in [2.05, 4.69) is 12.0 Å². The van der Waals surface area contributed by atoms with Gasteiger partial charge in [-0.3, -0.25) is 0 Å². The predicted molar refractivity (Wildman–Crippen MR) is 30.9 cm³/mol. The molecule has 0 saturated heterocycles. The molecule has 0 aliphatic carbocycles. The summed E-state index contributed by atoms with van der Waals surface area (Å²) in [6, 6.07) is 0. The van der Waals surface area contributed by atoms with Gasteiger partial charge >= 0.3 is 0 Å². The van der Waals surface area contributed by atoms with Gasteiger partial charge in [0.1, 0.15) is 12.2 Å². The van der Waals surface area contributed by atoms with E-state index in [0.29, 0.717) is 6.54 Å². The van der Waals surface area contributed by atoms with Crippen LogP contribution in [0.5, 0.6) is 0 Å². The van der Waals surface area contributed by atoms with Crippen LogP contribution in [0.4, 0.5) is 0 Å². The zero-order valence-corrected chi connectivity index (χ0v) is 4.68. The molecule has 0 saturated carbocycles. The molecule has 1 rings (SSSR count). The summed E-state index contributed by atoms with van der Waals surface area (Å²) in [5, 5.41) is 0. The average Bonchev–Trinajstić information content (AvgIpc) is 1.90. The molecule has 2 nitrogen and oxygen atoms in total. The number of ether oxygens (including phenoxy) is 1. The topological polar surface area (TPSA) is 35.2 Å². The number of hydrogen-bond donors (Lipinski definition) is 1. The standard InChI is InChI=1S/C6H9NO/c7-5-6-3-1-2-4-8-6/h6H,1,3,5,7H2. The second-order valence-corrected chi connectivity index (χ2v) is 1.79. The van der Waals surface area contributed by atoms with E-state index >= 15 is 0 Å². The van der Waals surface area contributed by atoms with Gasteiger partial charge in [-0.05, 0) is 6.42 Å². The molecule has 2 heteroatoms. The molecule has 0 aromatic heterocycles. The molecule has 0 bridgehead atoms. The zero-order chi connectivity index (χ0) is 5.82. The average molecular weight is 111 g/mol. The van der Waals surface area contributed by atoms with Gasteiger partial charge in [-0.2, -0.15) is 0 Å². The molecule has 0 aromatic rings. The Labute approximate surface area is 49.0 Å². The lowest BCUT2D eigenvalue weighted by atomic mass is 10.2. The summed E-state index contributed by atoms with van der Waals surface area (Å²) in [5.41, 5.74) is 5.31. The molecular formula is C6H9NO. The van der Waals surface area contributed by atoms with Crippen LogP contribution >= 0.6 is 0 Å². The van der Waals surface area contributed by atoms with E-state index in [-0.39, 0.29) is 6.10 Å². The predicted octanol–water partition coefficient (Wildman–Crippen LogP) is 0.0850. The Bertz CT molecular complexity index is 122. The van der Waals surface area contributed by atoms with E-state index in [1.165, 1.54) is 0 Å². The molecule has 8 heavy (non-hydrogen) atoms. The molecule has 0 spiro atoms. The van der Waals surface area contributed by atoms with Crippen LogP contribution in [0, 0.1) is 12.0 Å². The molecule has 1 atom stereocenters. The molecule has 2 N–H and O–H groups in total. The van der Waals surface area contributed by atoms with Crippen molar-refractivity contribution in [2.24, 2.45) is 5.73 Å². The van der Waals surface area contributed by atoms with Crippen LogP contribution in [0.3, 0.4) is 0 Å². The summed E-state index contributed by atoms with van der Waals surface area (Å²) in [4.78, 5) is 0. The van der Waals surface area contributed by atoms with E-state index in [9.17, 15) is 0 Å². The van der Waals surface area contributed by atoms with Crippen LogP contribution in [0.1, 0.15) is 12.8 Å². The molecule has 0 amide bonds. The van der Waals surface area contributed by atoms with Crippen molar-refractivity contribution in [2.75, 3.05) is 6.54 Å². The van der Waals surface area contributed by atoms with Gasteiger partial charge in [0.2, 0.25) is 0 Å². The van der Waals surface area contributed by atoms with E-state index in [4.69, 9.17) is 10.5 Å². The van der Waals surface area contributed by atoms with Crippen molar-refractivity contribution in [3.63, 3.8) is 0 Å². The molecule has 1 aliphatic rings. The van der Waals surface area contributed by atoms with Gasteiger partial charge in [0, 0.05) is 13.0 Å². The van der Waals surface area contributed by atoms with E-state index in [1.807, 2.05) is 0 Å². The second-order valence-electron chi connectivity index (χ2n) is 1.79. The van der Waals surface area contributed by atoms with Crippen molar-refractivity contribution in [1.82, 2.24) is 0 Å². The van der Waals surface area contributed by atoms with Crippen LogP contribution in [0.15, 0.2) is 0 Å². The summed E-state index contributed by atoms with van der Waals surface area (Å²) in [5.74, 6) is 2.82. The van der Waals surface area contributed by atoms with Crippen molar-refractivity contribution in [3.05, 3.63) is 0 Å². The third-order valence-electron chi connectivity index (χ3n) is 1.15. The highest BCUT2D eigenvalue weighted by Crippen LogP contribution is 2.02. The lowest BCUT2D eigenvalue weighted by Crippen LogP contribution is -2.23. The third-order valence-corrected chi connectivity index (χ3v) is 1.15. The first-order valence-corrected chi connectivity index (χ1v) is 2.77. The van der Waals surface area contributed by atoms with Crippen molar-refractivity contribution in [3.8, 4) is 12.0 Å². The number of nitrogens with two attached hydrogens (primary N) is 1. The molecule has 1 heterocycles. The van der Waals surface area contributed by atoms with Gasteiger partial charge in [0.25, 0.3) is 0 Å². The summed E-state index contributed by atoms with van der Waals surface area (Å²) in [7, 11) is 0. The van der Waals surface area contributed by atoms with Crippen LogP contribution in [0.2, 0.25) is 0 Å².